The second-order valence-electron chi connectivity index (χ2n) is 6.71. The molecule has 0 saturated carbocycles. The maximum Gasteiger partial charge on any atom is 0.226 e. The summed E-state index contributed by atoms with van der Waals surface area (Å²) >= 11 is 0. The minimum Gasteiger partial charge on any atom is -0.444 e. The van der Waals surface area contributed by atoms with Gasteiger partial charge in [-0.25, -0.2) is 9.97 Å². The molecule has 7 heteroatoms. The number of hydrogen-bond acceptors (Lipinski definition) is 5. The number of nitrogens with one attached hydrogen (secondary N) is 3. The molecule has 0 radical (unpaired) electrons. The number of hydrogen-bond donors (Lipinski definition) is 3. The molecular weight excluding hydrogens is 364 g/mol. The van der Waals surface area contributed by atoms with E-state index in [-0.39, 0.29) is 0 Å². The van der Waals surface area contributed by atoms with Crippen molar-refractivity contribution in [3.05, 3.63) is 66.2 Å². The molecule has 0 aliphatic carbocycles. The van der Waals surface area contributed by atoms with Crippen LogP contribution < -0.4 is 16.0 Å². The second-order valence-corrected chi connectivity index (χ2v) is 6.71. The predicted molar refractivity (Wildman–Crippen MR) is 117 cm³/mol. The summed E-state index contributed by atoms with van der Waals surface area (Å²) in [7, 11) is 1.76. The largest absolute Gasteiger partial charge is 0.444 e. The Kier molecular flexibility index (Phi) is 7.63. The van der Waals surface area contributed by atoms with Crippen LogP contribution in [0.3, 0.4) is 0 Å². The molecule has 0 fully saturated rings. The summed E-state index contributed by atoms with van der Waals surface area (Å²) in [5.74, 6) is 2.29. The second kappa shape index (κ2) is 10.8. The van der Waals surface area contributed by atoms with Gasteiger partial charge in [-0.2, -0.15) is 0 Å². The number of anilines is 1. The van der Waals surface area contributed by atoms with E-state index in [1.807, 2.05) is 30.3 Å². The average molecular weight is 393 g/mol. The summed E-state index contributed by atoms with van der Waals surface area (Å²) in [5.41, 5.74) is 3.02. The summed E-state index contributed by atoms with van der Waals surface area (Å²) in [6.45, 7) is 4.35. The number of aliphatic imine (C=N–C) groups is 1. The highest BCUT2D eigenvalue weighted by Gasteiger charge is 2.07. The fourth-order valence-corrected chi connectivity index (χ4v) is 2.75. The number of pyridine rings is 1. The van der Waals surface area contributed by atoms with Crippen LogP contribution in [0.15, 0.2) is 64.3 Å². The number of guanidine groups is 1. The third-order valence-electron chi connectivity index (χ3n) is 4.38. The first-order valence-electron chi connectivity index (χ1n) is 9.85. The van der Waals surface area contributed by atoms with Crippen molar-refractivity contribution < 1.29 is 4.42 Å². The molecule has 0 unspecified atom stereocenters. The Morgan fingerprint density at radius 3 is 2.62 bits per heavy atom. The Balaban J connectivity index is 1.34. The van der Waals surface area contributed by atoms with E-state index >= 15 is 0 Å². The van der Waals surface area contributed by atoms with E-state index in [9.17, 15) is 0 Å². The Labute approximate surface area is 171 Å². The van der Waals surface area contributed by atoms with Gasteiger partial charge in [-0.1, -0.05) is 23.8 Å². The first kappa shape index (κ1) is 20.4. The molecule has 7 nitrogen and oxygen atoms in total. The van der Waals surface area contributed by atoms with Crippen LogP contribution in [0.25, 0.3) is 11.5 Å². The zero-order valence-corrected chi connectivity index (χ0v) is 17.0. The quantitative estimate of drug-likeness (QED) is 0.293. The van der Waals surface area contributed by atoms with Gasteiger partial charge in [0.1, 0.15) is 12.1 Å². The number of rotatable bonds is 9. The number of nitrogens with zero attached hydrogens (tertiary/aromatic N) is 3. The molecule has 1 aromatic carbocycles. The van der Waals surface area contributed by atoms with E-state index in [1.165, 1.54) is 5.56 Å². The summed E-state index contributed by atoms with van der Waals surface area (Å²) < 4.78 is 5.59. The lowest BCUT2D eigenvalue weighted by Crippen LogP contribution is -2.37. The van der Waals surface area contributed by atoms with E-state index in [2.05, 4.69) is 50.0 Å². The average Bonchev–Trinajstić information content (AvgIpc) is 3.23. The number of oxazole rings is 1. The zero-order valence-electron chi connectivity index (χ0n) is 17.0. The van der Waals surface area contributed by atoms with Crippen molar-refractivity contribution in [3.8, 4) is 11.5 Å². The number of aryl methyl sites for hydroxylation is 1. The van der Waals surface area contributed by atoms with Crippen LogP contribution in [-0.2, 0) is 6.54 Å². The summed E-state index contributed by atoms with van der Waals surface area (Å²) in [6, 6.07) is 14.0. The van der Waals surface area contributed by atoms with Crippen molar-refractivity contribution in [2.45, 2.75) is 26.3 Å². The Morgan fingerprint density at radius 2 is 1.86 bits per heavy atom. The number of aromatic nitrogens is 2. The molecule has 0 atom stereocenters. The van der Waals surface area contributed by atoms with Gasteiger partial charge in [0.05, 0.1) is 12.2 Å². The Morgan fingerprint density at radius 1 is 1.03 bits per heavy atom. The zero-order chi connectivity index (χ0) is 20.3. The van der Waals surface area contributed by atoms with Crippen LogP contribution in [0.2, 0.25) is 0 Å². The van der Waals surface area contributed by atoms with Crippen molar-refractivity contribution in [1.82, 2.24) is 20.6 Å². The Hall–Kier alpha value is -3.35. The lowest BCUT2D eigenvalue weighted by Gasteiger charge is -2.11. The molecule has 0 saturated heterocycles. The molecule has 0 aliphatic heterocycles. The van der Waals surface area contributed by atoms with Gasteiger partial charge < -0.3 is 20.4 Å². The number of benzene rings is 1. The summed E-state index contributed by atoms with van der Waals surface area (Å²) in [5, 5.41) is 9.90. The van der Waals surface area contributed by atoms with E-state index in [1.54, 1.807) is 19.5 Å². The molecule has 2 aromatic heterocycles. The minimum atomic E-state index is 0.552. The molecule has 3 N–H and O–H groups in total. The van der Waals surface area contributed by atoms with Gasteiger partial charge in [0, 0.05) is 31.9 Å². The lowest BCUT2D eigenvalue weighted by atomic mass is 10.1. The van der Waals surface area contributed by atoms with Gasteiger partial charge >= 0.3 is 0 Å². The van der Waals surface area contributed by atoms with Gasteiger partial charge in [-0.05, 0) is 44.0 Å². The summed E-state index contributed by atoms with van der Waals surface area (Å²) in [6.07, 6.45) is 5.54. The molecule has 3 aromatic rings. The molecule has 0 bridgehead atoms. The van der Waals surface area contributed by atoms with Crippen LogP contribution >= 0.6 is 0 Å². The number of unbranched alkanes of at least 4 members (excludes halogenated alkanes) is 1. The van der Waals surface area contributed by atoms with E-state index in [4.69, 9.17) is 4.42 Å². The first-order chi connectivity index (χ1) is 14.2. The maximum atomic E-state index is 5.59. The summed E-state index contributed by atoms with van der Waals surface area (Å²) in [4.78, 5) is 13.0. The minimum absolute atomic E-state index is 0.552. The van der Waals surface area contributed by atoms with Crippen molar-refractivity contribution in [2.24, 2.45) is 4.99 Å². The van der Waals surface area contributed by atoms with Crippen LogP contribution in [0, 0.1) is 6.92 Å². The molecular formula is C22H28N6O. The fourth-order valence-electron chi connectivity index (χ4n) is 2.75. The topological polar surface area (TPSA) is 87.4 Å². The highest BCUT2D eigenvalue weighted by atomic mass is 16.3. The Bertz CT molecular complexity index is 889. The molecule has 0 amide bonds. The smallest absolute Gasteiger partial charge is 0.226 e. The maximum absolute atomic E-state index is 5.59. The van der Waals surface area contributed by atoms with Crippen molar-refractivity contribution in [2.75, 3.05) is 25.5 Å². The monoisotopic (exact) mass is 392 g/mol. The lowest BCUT2D eigenvalue weighted by molar-refractivity contribution is 0.572. The van der Waals surface area contributed by atoms with Gasteiger partial charge in [0.15, 0.2) is 5.96 Å². The normalized spacial score (nSPS) is 11.3. The highest BCUT2D eigenvalue weighted by Crippen LogP contribution is 2.18. The van der Waals surface area contributed by atoms with Crippen molar-refractivity contribution in [3.63, 3.8) is 0 Å². The third-order valence-corrected chi connectivity index (χ3v) is 4.38. The molecule has 0 spiro atoms. The van der Waals surface area contributed by atoms with Crippen LogP contribution in [0.4, 0.5) is 5.82 Å². The van der Waals surface area contributed by atoms with Crippen LogP contribution in [0.1, 0.15) is 24.1 Å². The van der Waals surface area contributed by atoms with Gasteiger partial charge in [-0.3, -0.25) is 4.99 Å². The van der Waals surface area contributed by atoms with Gasteiger partial charge in [0.25, 0.3) is 0 Å². The van der Waals surface area contributed by atoms with E-state index < -0.39 is 0 Å². The molecule has 3 rings (SSSR count). The fraction of sp³-hybridized carbons (Fsp3) is 0.318. The first-order valence-corrected chi connectivity index (χ1v) is 9.85. The van der Waals surface area contributed by atoms with Crippen LogP contribution in [0.5, 0.6) is 0 Å². The van der Waals surface area contributed by atoms with Crippen molar-refractivity contribution >= 4 is 11.8 Å². The third kappa shape index (κ3) is 6.64. The highest BCUT2D eigenvalue weighted by molar-refractivity contribution is 5.79. The SMILES string of the molecule is CN=C(NCCCCNc1ccccn1)NCc1coc(-c2ccc(C)cc2)n1. The standard InChI is InChI=1S/C22H28N6O/c1-17-8-10-18(11-9-17)21-28-19(16-29-21)15-27-22(23-2)26-14-6-5-13-25-20-7-3-4-12-24-20/h3-4,7-12,16H,5-6,13-15H2,1-2H3,(H,24,25)(H2,23,26,27). The van der Waals surface area contributed by atoms with E-state index in [0.29, 0.717) is 12.4 Å². The molecule has 152 valence electrons. The molecule has 2 heterocycles. The predicted octanol–water partition coefficient (Wildman–Crippen LogP) is 3.60. The van der Waals surface area contributed by atoms with Gasteiger partial charge in [0.2, 0.25) is 5.89 Å². The molecule has 0 aliphatic rings. The van der Waals surface area contributed by atoms with E-state index in [0.717, 1.165) is 49.0 Å². The van der Waals surface area contributed by atoms with Gasteiger partial charge in [-0.15, -0.1) is 0 Å². The molecule has 29 heavy (non-hydrogen) atoms. The van der Waals surface area contributed by atoms with Crippen LogP contribution in [-0.4, -0.2) is 36.1 Å². The van der Waals surface area contributed by atoms with Crippen molar-refractivity contribution in [1.29, 1.82) is 0 Å².